The van der Waals surface area contributed by atoms with E-state index in [1.54, 1.807) is 6.92 Å². The summed E-state index contributed by atoms with van der Waals surface area (Å²) in [6.07, 6.45) is 0. The van der Waals surface area contributed by atoms with Gasteiger partial charge in [-0.25, -0.2) is 17.5 Å². The van der Waals surface area contributed by atoms with Gasteiger partial charge in [0, 0.05) is 6.04 Å². The van der Waals surface area contributed by atoms with Gasteiger partial charge in [-0.3, -0.25) is 0 Å². The lowest BCUT2D eigenvalue weighted by atomic mass is 10.1. The fourth-order valence-electron chi connectivity index (χ4n) is 1.88. The lowest BCUT2D eigenvalue weighted by Gasteiger charge is -2.15. The van der Waals surface area contributed by atoms with Gasteiger partial charge < -0.3 is 0 Å². The zero-order valence-electron chi connectivity index (χ0n) is 11.3. The Morgan fingerprint density at radius 3 is 2.25 bits per heavy atom. The Kier molecular flexibility index (Phi) is 4.20. The van der Waals surface area contributed by atoms with Crippen molar-refractivity contribution in [2.75, 3.05) is 0 Å². The minimum absolute atomic E-state index is 0.334. The zero-order valence-corrected chi connectivity index (χ0v) is 12.1. The summed E-state index contributed by atoms with van der Waals surface area (Å²) in [6, 6.07) is 12.4. The van der Waals surface area contributed by atoms with Crippen LogP contribution in [0.2, 0.25) is 0 Å². The highest BCUT2D eigenvalue weighted by Gasteiger charge is 2.21. The molecule has 0 unspecified atom stereocenters. The molecule has 0 heterocycles. The predicted molar refractivity (Wildman–Crippen MR) is 76.3 cm³/mol. The van der Waals surface area contributed by atoms with Crippen LogP contribution in [0.25, 0.3) is 0 Å². The average Bonchev–Trinajstić information content (AvgIpc) is 2.39. The molecule has 5 heteroatoms. The van der Waals surface area contributed by atoms with Crippen molar-refractivity contribution >= 4 is 10.0 Å². The highest BCUT2D eigenvalue weighted by molar-refractivity contribution is 7.89. The quantitative estimate of drug-likeness (QED) is 0.941. The van der Waals surface area contributed by atoms with Crippen LogP contribution in [0.5, 0.6) is 0 Å². The van der Waals surface area contributed by atoms with Crippen LogP contribution in [0, 0.1) is 12.7 Å². The van der Waals surface area contributed by atoms with E-state index in [0.29, 0.717) is 0 Å². The Morgan fingerprint density at radius 2 is 1.65 bits per heavy atom. The maximum atomic E-state index is 13.6. The Bertz CT molecular complexity index is 696. The number of hydrogen-bond donors (Lipinski definition) is 1. The van der Waals surface area contributed by atoms with Crippen LogP contribution in [0.1, 0.15) is 24.1 Å². The van der Waals surface area contributed by atoms with E-state index >= 15 is 0 Å². The monoisotopic (exact) mass is 293 g/mol. The van der Waals surface area contributed by atoms with Gasteiger partial charge >= 0.3 is 0 Å². The molecular weight excluding hydrogens is 277 g/mol. The molecule has 1 atom stereocenters. The summed E-state index contributed by atoms with van der Waals surface area (Å²) >= 11 is 0. The molecule has 0 aliphatic rings. The van der Waals surface area contributed by atoms with Crippen LogP contribution in [0.3, 0.4) is 0 Å². The van der Waals surface area contributed by atoms with Gasteiger partial charge in [0.25, 0.3) is 0 Å². The number of hydrogen-bond acceptors (Lipinski definition) is 2. The van der Waals surface area contributed by atoms with Crippen LogP contribution < -0.4 is 4.72 Å². The van der Waals surface area contributed by atoms with E-state index in [2.05, 4.69) is 4.72 Å². The van der Waals surface area contributed by atoms with Crippen LogP contribution >= 0.6 is 0 Å². The van der Waals surface area contributed by atoms with Crippen molar-refractivity contribution in [2.45, 2.75) is 24.8 Å². The summed E-state index contributed by atoms with van der Waals surface area (Å²) in [5.41, 5.74) is 1.92. The van der Waals surface area contributed by atoms with Gasteiger partial charge in [-0.05, 0) is 31.5 Å². The topological polar surface area (TPSA) is 46.2 Å². The third-order valence-corrected chi connectivity index (χ3v) is 4.61. The third-order valence-electron chi connectivity index (χ3n) is 3.04. The van der Waals surface area contributed by atoms with Gasteiger partial charge in [-0.1, -0.05) is 42.0 Å². The molecule has 106 valence electrons. The molecule has 0 aliphatic carbocycles. The molecule has 3 nitrogen and oxygen atoms in total. The minimum atomic E-state index is -3.87. The fraction of sp³-hybridized carbons (Fsp3) is 0.200. The second kappa shape index (κ2) is 5.73. The van der Waals surface area contributed by atoms with Crippen molar-refractivity contribution < 1.29 is 12.8 Å². The summed E-state index contributed by atoms with van der Waals surface area (Å²) in [4.78, 5) is -0.334. The standard InChI is InChI=1S/C15H16FNO2S/c1-11-7-9-13(10-8-11)12(2)17-20(18,19)15-6-4-3-5-14(15)16/h3-10,12,17H,1-2H3/t12-/m0/s1. The van der Waals surface area contributed by atoms with Crippen LogP contribution in [-0.2, 0) is 10.0 Å². The van der Waals surface area contributed by atoms with E-state index in [9.17, 15) is 12.8 Å². The summed E-state index contributed by atoms with van der Waals surface area (Å²) in [5.74, 6) is -0.754. The third kappa shape index (κ3) is 3.23. The largest absolute Gasteiger partial charge is 0.244 e. The lowest BCUT2D eigenvalue weighted by Crippen LogP contribution is -2.27. The van der Waals surface area contributed by atoms with Gasteiger partial charge in [0.15, 0.2) is 0 Å². The molecule has 2 rings (SSSR count). The summed E-state index contributed by atoms with van der Waals surface area (Å²) < 4.78 is 40.4. The molecule has 0 aromatic heterocycles. The molecule has 1 N–H and O–H groups in total. The molecule has 2 aromatic rings. The van der Waals surface area contributed by atoms with Gasteiger partial charge in [0.05, 0.1) is 0 Å². The molecule has 20 heavy (non-hydrogen) atoms. The number of benzene rings is 2. The number of sulfonamides is 1. The van der Waals surface area contributed by atoms with E-state index in [0.717, 1.165) is 17.2 Å². The highest BCUT2D eigenvalue weighted by Crippen LogP contribution is 2.19. The molecule has 0 amide bonds. The van der Waals surface area contributed by atoms with E-state index in [1.165, 1.54) is 18.2 Å². The van der Waals surface area contributed by atoms with Gasteiger partial charge in [0.1, 0.15) is 10.7 Å². The van der Waals surface area contributed by atoms with Gasteiger partial charge in [-0.15, -0.1) is 0 Å². The number of rotatable bonds is 4. The second-order valence-corrected chi connectivity index (χ2v) is 6.37. The van der Waals surface area contributed by atoms with Crippen molar-refractivity contribution in [3.05, 3.63) is 65.5 Å². The average molecular weight is 293 g/mol. The van der Waals surface area contributed by atoms with Crippen LogP contribution in [-0.4, -0.2) is 8.42 Å². The lowest BCUT2D eigenvalue weighted by molar-refractivity contribution is 0.547. The minimum Gasteiger partial charge on any atom is -0.207 e. The SMILES string of the molecule is Cc1ccc([C@H](C)NS(=O)(=O)c2ccccc2F)cc1. The van der Waals surface area contributed by atoms with E-state index < -0.39 is 21.9 Å². The summed E-state index contributed by atoms with van der Waals surface area (Å²) in [6.45, 7) is 3.68. The van der Waals surface area contributed by atoms with Crippen molar-refractivity contribution in [3.8, 4) is 0 Å². The van der Waals surface area contributed by atoms with Gasteiger partial charge in [0.2, 0.25) is 10.0 Å². The van der Waals surface area contributed by atoms with Crippen molar-refractivity contribution in [1.29, 1.82) is 0 Å². The van der Waals surface area contributed by atoms with E-state index in [4.69, 9.17) is 0 Å². The van der Waals surface area contributed by atoms with Crippen molar-refractivity contribution in [1.82, 2.24) is 4.72 Å². The Hall–Kier alpha value is -1.72. The van der Waals surface area contributed by atoms with Gasteiger partial charge in [-0.2, -0.15) is 0 Å². The first-order chi connectivity index (χ1) is 9.40. The number of aryl methyl sites for hydroxylation is 1. The second-order valence-electron chi connectivity index (χ2n) is 4.68. The Labute approximate surface area is 118 Å². The first kappa shape index (κ1) is 14.7. The molecule has 0 saturated carbocycles. The van der Waals surface area contributed by atoms with Crippen LogP contribution in [0.15, 0.2) is 53.4 Å². The molecule has 0 saturated heterocycles. The normalized spacial score (nSPS) is 13.2. The molecular formula is C15H16FNO2S. The molecule has 0 bridgehead atoms. The molecule has 0 radical (unpaired) electrons. The zero-order chi connectivity index (χ0) is 14.8. The Balaban J connectivity index is 2.24. The molecule has 0 spiro atoms. The smallest absolute Gasteiger partial charge is 0.207 e. The first-order valence-corrected chi connectivity index (χ1v) is 7.72. The fourth-order valence-corrected chi connectivity index (χ4v) is 3.19. The maximum absolute atomic E-state index is 13.6. The first-order valence-electron chi connectivity index (χ1n) is 6.23. The number of nitrogens with one attached hydrogen (secondary N) is 1. The van der Waals surface area contributed by atoms with Crippen molar-refractivity contribution in [2.24, 2.45) is 0 Å². The van der Waals surface area contributed by atoms with Crippen LogP contribution in [0.4, 0.5) is 4.39 Å². The molecule has 2 aromatic carbocycles. The van der Waals surface area contributed by atoms with E-state index in [1.807, 2.05) is 31.2 Å². The van der Waals surface area contributed by atoms with E-state index in [-0.39, 0.29) is 4.90 Å². The Morgan fingerprint density at radius 1 is 1.05 bits per heavy atom. The summed E-state index contributed by atoms with van der Waals surface area (Å²) in [7, 11) is -3.87. The predicted octanol–water partition coefficient (Wildman–Crippen LogP) is 3.17. The van der Waals surface area contributed by atoms with Crippen molar-refractivity contribution in [3.63, 3.8) is 0 Å². The molecule has 0 fully saturated rings. The maximum Gasteiger partial charge on any atom is 0.244 e. The molecule has 0 aliphatic heterocycles. The highest BCUT2D eigenvalue weighted by atomic mass is 32.2. The number of halogens is 1. The summed E-state index contributed by atoms with van der Waals surface area (Å²) in [5, 5.41) is 0.